The maximum absolute atomic E-state index is 12.4. The van der Waals surface area contributed by atoms with Gasteiger partial charge in [-0.2, -0.15) is 8.42 Å². The van der Waals surface area contributed by atoms with Gasteiger partial charge < -0.3 is 8.60 Å². The van der Waals surface area contributed by atoms with Crippen LogP contribution in [-0.4, -0.2) is 8.42 Å². The van der Waals surface area contributed by atoms with E-state index in [1.807, 2.05) is 13.0 Å². The van der Waals surface area contributed by atoms with E-state index in [1.54, 1.807) is 19.1 Å². The van der Waals surface area contributed by atoms with Gasteiger partial charge >= 0.3 is 15.7 Å². The lowest BCUT2D eigenvalue weighted by Crippen LogP contribution is -2.10. The standard InChI is InChI=1S/C17H14O5S/c1-11-3-6-15(12(2)9-11)22-23(19,20)14-5-7-16-13(10-14)4-8-17(18)21-16/h3-10H,1-2H3. The van der Waals surface area contributed by atoms with Gasteiger partial charge in [-0.1, -0.05) is 17.7 Å². The Bertz CT molecular complexity index is 1050. The summed E-state index contributed by atoms with van der Waals surface area (Å²) in [5, 5.41) is 0.509. The van der Waals surface area contributed by atoms with Crippen LogP contribution in [-0.2, 0) is 10.1 Å². The second-order valence-electron chi connectivity index (χ2n) is 5.26. The van der Waals surface area contributed by atoms with Gasteiger partial charge in [-0.3, -0.25) is 0 Å². The molecule has 0 atom stereocenters. The van der Waals surface area contributed by atoms with Gasteiger partial charge in [0.2, 0.25) is 0 Å². The second-order valence-corrected chi connectivity index (χ2v) is 6.81. The summed E-state index contributed by atoms with van der Waals surface area (Å²) in [6.45, 7) is 3.70. The predicted octanol–water partition coefficient (Wildman–Crippen LogP) is 3.18. The summed E-state index contributed by atoms with van der Waals surface area (Å²) in [5.41, 5.74) is 1.59. The third-order valence-corrected chi connectivity index (χ3v) is 4.64. The minimum absolute atomic E-state index is 0.00109. The molecule has 2 aromatic carbocycles. The van der Waals surface area contributed by atoms with Crippen molar-refractivity contribution < 1.29 is 17.0 Å². The van der Waals surface area contributed by atoms with Crippen molar-refractivity contribution in [1.29, 1.82) is 0 Å². The van der Waals surface area contributed by atoms with E-state index < -0.39 is 15.7 Å². The van der Waals surface area contributed by atoms with E-state index in [-0.39, 0.29) is 10.6 Å². The Morgan fingerprint density at radius 3 is 2.48 bits per heavy atom. The molecular formula is C17H14O5S. The van der Waals surface area contributed by atoms with Gasteiger partial charge in [0.15, 0.2) is 0 Å². The highest BCUT2D eigenvalue weighted by molar-refractivity contribution is 7.87. The summed E-state index contributed by atoms with van der Waals surface area (Å²) >= 11 is 0. The molecule has 0 bridgehead atoms. The molecule has 0 amide bonds. The number of hydrogen-bond donors (Lipinski definition) is 0. The van der Waals surface area contributed by atoms with Crippen LogP contribution in [0.15, 0.2) is 62.6 Å². The highest BCUT2D eigenvalue weighted by Crippen LogP contribution is 2.25. The Labute approximate surface area is 133 Å². The van der Waals surface area contributed by atoms with Crippen LogP contribution in [0.25, 0.3) is 11.0 Å². The van der Waals surface area contributed by atoms with Crippen LogP contribution < -0.4 is 9.81 Å². The van der Waals surface area contributed by atoms with Gasteiger partial charge in [0, 0.05) is 11.5 Å². The van der Waals surface area contributed by atoms with E-state index in [1.165, 1.54) is 30.3 Å². The van der Waals surface area contributed by atoms with Crippen molar-refractivity contribution in [3.8, 4) is 5.75 Å². The van der Waals surface area contributed by atoms with Crippen LogP contribution in [0.1, 0.15) is 11.1 Å². The molecule has 0 spiro atoms. The fraction of sp³-hybridized carbons (Fsp3) is 0.118. The van der Waals surface area contributed by atoms with Crippen molar-refractivity contribution in [2.45, 2.75) is 18.7 Å². The molecule has 1 aromatic heterocycles. The van der Waals surface area contributed by atoms with Crippen molar-refractivity contribution in [3.05, 3.63) is 70.1 Å². The maximum atomic E-state index is 12.4. The molecule has 0 N–H and O–H groups in total. The molecule has 0 aliphatic carbocycles. The smallest absolute Gasteiger partial charge is 0.339 e. The molecule has 0 saturated carbocycles. The zero-order valence-electron chi connectivity index (χ0n) is 12.6. The van der Waals surface area contributed by atoms with Crippen molar-refractivity contribution in [2.75, 3.05) is 0 Å². The SMILES string of the molecule is Cc1ccc(OS(=O)(=O)c2ccc3oc(=O)ccc3c2)c(C)c1. The highest BCUT2D eigenvalue weighted by Gasteiger charge is 2.18. The molecule has 1 heterocycles. The molecule has 0 saturated heterocycles. The zero-order valence-corrected chi connectivity index (χ0v) is 13.4. The van der Waals surface area contributed by atoms with Gasteiger partial charge in [0.25, 0.3) is 0 Å². The second kappa shape index (κ2) is 5.55. The van der Waals surface area contributed by atoms with E-state index in [0.717, 1.165) is 11.1 Å². The van der Waals surface area contributed by atoms with E-state index in [4.69, 9.17) is 8.60 Å². The topological polar surface area (TPSA) is 73.6 Å². The number of benzene rings is 2. The summed E-state index contributed by atoms with van der Waals surface area (Å²) in [5.74, 6) is 0.287. The van der Waals surface area contributed by atoms with E-state index in [9.17, 15) is 13.2 Å². The van der Waals surface area contributed by atoms with E-state index in [2.05, 4.69) is 0 Å². The molecule has 5 nitrogen and oxygen atoms in total. The Morgan fingerprint density at radius 1 is 0.957 bits per heavy atom. The molecule has 0 unspecified atom stereocenters. The molecule has 3 rings (SSSR count). The number of fused-ring (bicyclic) bond motifs is 1. The summed E-state index contributed by atoms with van der Waals surface area (Å²) in [6.07, 6.45) is 0. The summed E-state index contributed by atoms with van der Waals surface area (Å²) < 4.78 is 35.1. The molecule has 23 heavy (non-hydrogen) atoms. The average Bonchev–Trinajstić information content (AvgIpc) is 2.49. The average molecular weight is 330 g/mol. The Hall–Kier alpha value is -2.60. The molecule has 3 aromatic rings. The van der Waals surface area contributed by atoms with Gasteiger partial charge in [-0.25, -0.2) is 4.79 Å². The van der Waals surface area contributed by atoms with Crippen LogP contribution in [0.5, 0.6) is 5.75 Å². The van der Waals surface area contributed by atoms with Gasteiger partial charge in [0.1, 0.15) is 16.2 Å². The lowest BCUT2D eigenvalue weighted by atomic mass is 10.1. The van der Waals surface area contributed by atoms with Crippen LogP contribution in [0, 0.1) is 13.8 Å². The first-order chi connectivity index (χ1) is 10.8. The highest BCUT2D eigenvalue weighted by atomic mass is 32.2. The Kier molecular flexibility index (Phi) is 3.69. The third-order valence-electron chi connectivity index (χ3n) is 3.41. The number of rotatable bonds is 3. The van der Waals surface area contributed by atoms with Crippen LogP contribution in [0.3, 0.4) is 0 Å². The van der Waals surface area contributed by atoms with Crippen molar-refractivity contribution >= 4 is 21.1 Å². The number of aryl methyl sites for hydroxylation is 2. The predicted molar refractivity (Wildman–Crippen MR) is 86.2 cm³/mol. The Morgan fingerprint density at radius 2 is 1.74 bits per heavy atom. The quantitative estimate of drug-likeness (QED) is 0.545. The lowest BCUT2D eigenvalue weighted by molar-refractivity contribution is 0.484. The molecule has 6 heteroatoms. The number of hydrogen-bond acceptors (Lipinski definition) is 5. The van der Waals surface area contributed by atoms with Crippen molar-refractivity contribution in [3.63, 3.8) is 0 Å². The van der Waals surface area contributed by atoms with E-state index >= 15 is 0 Å². The molecule has 0 radical (unpaired) electrons. The first-order valence-corrected chi connectivity index (χ1v) is 8.32. The largest absolute Gasteiger partial charge is 0.423 e. The zero-order chi connectivity index (χ0) is 16.6. The van der Waals surface area contributed by atoms with Gasteiger partial charge in [-0.15, -0.1) is 0 Å². The Balaban J connectivity index is 2.02. The fourth-order valence-electron chi connectivity index (χ4n) is 2.26. The molecule has 0 aliphatic heterocycles. The lowest BCUT2D eigenvalue weighted by Gasteiger charge is -2.10. The minimum atomic E-state index is -3.97. The van der Waals surface area contributed by atoms with Crippen molar-refractivity contribution in [2.24, 2.45) is 0 Å². The van der Waals surface area contributed by atoms with Crippen molar-refractivity contribution in [1.82, 2.24) is 0 Å². The van der Waals surface area contributed by atoms with E-state index in [0.29, 0.717) is 11.0 Å². The summed E-state index contributed by atoms with van der Waals surface area (Å²) in [7, 11) is -3.97. The summed E-state index contributed by atoms with van der Waals surface area (Å²) in [4.78, 5) is 11.2. The fourth-order valence-corrected chi connectivity index (χ4v) is 3.29. The monoisotopic (exact) mass is 330 g/mol. The molecule has 118 valence electrons. The van der Waals surface area contributed by atoms with Crippen LogP contribution in [0.2, 0.25) is 0 Å². The van der Waals surface area contributed by atoms with Crippen LogP contribution in [0.4, 0.5) is 0 Å². The molecule has 0 fully saturated rings. The molecular weight excluding hydrogens is 316 g/mol. The first-order valence-electron chi connectivity index (χ1n) is 6.91. The van der Waals surface area contributed by atoms with Gasteiger partial charge in [0.05, 0.1) is 0 Å². The third kappa shape index (κ3) is 3.12. The van der Waals surface area contributed by atoms with Gasteiger partial charge in [-0.05, 0) is 49.7 Å². The molecule has 0 aliphatic rings. The summed E-state index contributed by atoms with van der Waals surface area (Å²) in [6, 6.07) is 12.2. The normalized spacial score (nSPS) is 11.6. The first kappa shape index (κ1) is 15.3. The maximum Gasteiger partial charge on any atom is 0.339 e. The minimum Gasteiger partial charge on any atom is -0.423 e. The van der Waals surface area contributed by atoms with Crippen LogP contribution >= 0.6 is 0 Å².